The molecule has 0 fully saturated rings. The summed E-state index contributed by atoms with van der Waals surface area (Å²) in [6.45, 7) is 6.69. The fourth-order valence-corrected chi connectivity index (χ4v) is 5.33. The first-order chi connectivity index (χ1) is 12.1. The quantitative estimate of drug-likeness (QED) is 0.700. The molecular weight excluding hydrogens is 420 g/mol. The molecule has 0 saturated heterocycles. The van der Waals surface area contributed by atoms with E-state index in [1.807, 2.05) is 0 Å². The molecule has 1 N–H and O–H groups in total. The van der Waals surface area contributed by atoms with Crippen molar-refractivity contribution in [3.8, 4) is 0 Å². The van der Waals surface area contributed by atoms with Gasteiger partial charge >= 0.3 is 0 Å². The Labute approximate surface area is 163 Å². The van der Waals surface area contributed by atoms with Crippen molar-refractivity contribution in [2.24, 2.45) is 5.92 Å². The Bertz CT molecular complexity index is 806. The predicted molar refractivity (Wildman–Crippen MR) is 105 cm³/mol. The minimum atomic E-state index is -3.64. The summed E-state index contributed by atoms with van der Waals surface area (Å²) in [5.74, 6) is -0.167. The molecule has 0 atom stereocenters. The molecule has 0 bridgehead atoms. The van der Waals surface area contributed by atoms with Crippen molar-refractivity contribution in [2.75, 3.05) is 23.7 Å². The zero-order valence-corrected chi connectivity index (χ0v) is 17.7. The van der Waals surface area contributed by atoms with Crippen LogP contribution < -0.4 is 10.2 Å². The summed E-state index contributed by atoms with van der Waals surface area (Å²) in [5.41, 5.74) is 1.58. The van der Waals surface area contributed by atoms with Crippen LogP contribution in [0.15, 0.2) is 21.5 Å². The van der Waals surface area contributed by atoms with Crippen molar-refractivity contribution < 1.29 is 18.0 Å². The van der Waals surface area contributed by atoms with Crippen LogP contribution in [0.4, 0.5) is 5.69 Å². The van der Waals surface area contributed by atoms with Crippen molar-refractivity contribution in [3.05, 3.63) is 22.2 Å². The van der Waals surface area contributed by atoms with Gasteiger partial charge in [0, 0.05) is 36.6 Å². The number of nitrogens with one attached hydrogen (secondary N) is 1. The fraction of sp³-hybridized carbons (Fsp3) is 0.556. The Kier molecular flexibility index (Phi) is 6.85. The van der Waals surface area contributed by atoms with Crippen LogP contribution in [0, 0.1) is 5.92 Å². The number of sulfone groups is 1. The molecule has 2 amide bonds. The molecule has 0 aromatic heterocycles. The van der Waals surface area contributed by atoms with Crippen LogP contribution in [0.2, 0.25) is 0 Å². The molecule has 8 heteroatoms. The van der Waals surface area contributed by atoms with Gasteiger partial charge in [-0.3, -0.25) is 9.59 Å². The highest BCUT2D eigenvalue weighted by Gasteiger charge is 2.27. The van der Waals surface area contributed by atoms with Gasteiger partial charge in [-0.15, -0.1) is 0 Å². The molecule has 1 heterocycles. The van der Waals surface area contributed by atoms with Crippen LogP contribution >= 0.6 is 15.9 Å². The minimum Gasteiger partial charge on any atom is -0.356 e. The Hall–Kier alpha value is -1.41. The van der Waals surface area contributed by atoms with Gasteiger partial charge in [0.05, 0.1) is 10.6 Å². The molecule has 1 aliphatic rings. The Morgan fingerprint density at radius 2 is 2.00 bits per heavy atom. The lowest BCUT2D eigenvalue weighted by Gasteiger charge is -2.16. The van der Waals surface area contributed by atoms with Gasteiger partial charge in [-0.25, -0.2) is 8.42 Å². The second kappa shape index (κ2) is 8.52. The van der Waals surface area contributed by atoms with E-state index in [0.717, 1.165) is 12.0 Å². The Balaban J connectivity index is 2.11. The number of carbonyl (C=O) groups is 2. The molecule has 0 aliphatic carbocycles. The number of nitrogens with zero attached hydrogens (tertiary/aromatic N) is 1. The number of benzene rings is 1. The summed E-state index contributed by atoms with van der Waals surface area (Å²) in [7, 11) is -3.64. The zero-order valence-electron chi connectivity index (χ0n) is 15.3. The summed E-state index contributed by atoms with van der Waals surface area (Å²) >= 11 is 3.32. The highest BCUT2D eigenvalue weighted by atomic mass is 79.9. The average molecular weight is 445 g/mol. The molecular formula is C18H25BrN2O4S. The summed E-state index contributed by atoms with van der Waals surface area (Å²) < 4.78 is 25.9. The van der Waals surface area contributed by atoms with Crippen molar-refractivity contribution >= 4 is 43.3 Å². The number of hydrogen-bond acceptors (Lipinski definition) is 4. The van der Waals surface area contributed by atoms with Crippen molar-refractivity contribution in [2.45, 2.75) is 44.9 Å². The number of halogens is 1. The smallest absolute Gasteiger partial charge is 0.223 e. The van der Waals surface area contributed by atoms with Gasteiger partial charge in [-0.1, -0.05) is 13.8 Å². The SMILES string of the molecule is CC(=O)N1CCc2cc(Br)c(S(=O)(=O)CCC(=O)NCCC(C)C)cc21. The van der Waals surface area contributed by atoms with E-state index in [1.54, 1.807) is 17.0 Å². The Morgan fingerprint density at radius 1 is 1.31 bits per heavy atom. The van der Waals surface area contributed by atoms with Crippen LogP contribution in [0.3, 0.4) is 0 Å². The van der Waals surface area contributed by atoms with Crippen LogP contribution in [-0.2, 0) is 25.8 Å². The first-order valence-corrected chi connectivity index (χ1v) is 11.2. The first kappa shape index (κ1) is 20.9. The van der Waals surface area contributed by atoms with Crippen LogP contribution in [0.5, 0.6) is 0 Å². The van der Waals surface area contributed by atoms with E-state index in [2.05, 4.69) is 35.1 Å². The van der Waals surface area contributed by atoms with E-state index < -0.39 is 9.84 Å². The van der Waals surface area contributed by atoms with Crippen molar-refractivity contribution in [1.29, 1.82) is 0 Å². The number of fused-ring (bicyclic) bond motifs is 1. The van der Waals surface area contributed by atoms with Crippen LogP contribution in [-0.4, -0.2) is 39.1 Å². The largest absolute Gasteiger partial charge is 0.356 e. The third-order valence-corrected chi connectivity index (χ3v) is 7.05. The fourth-order valence-electron chi connectivity index (χ4n) is 2.88. The molecule has 0 unspecified atom stereocenters. The summed E-state index contributed by atoms with van der Waals surface area (Å²) in [5, 5.41) is 2.75. The number of anilines is 1. The standard InChI is InChI=1S/C18H25BrN2O4S/c1-12(2)4-7-20-18(23)6-9-26(24,25)17-11-16-14(10-15(17)19)5-8-21(16)13(3)22/h10-12H,4-9H2,1-3H3,(H,20,23). The molecule has 1 aliphatic heterocycles. The van der Waals surface area contributed by atoms with Gasteiger partial charge in [-0.2, -0.15) is 0 Å². The molecule has 0 saturated carbocycles. The van der Waals surface area contributed by atoms with Crippen molar-refractivity contribution in [3.63, 3.8) is 0 Å². The monoisotopic (exact) mass is 444 g/mol. The second-order valence-corrected chi connectivity index (χ2v) is 9.87. The van der Waals surface area contributed by atoms with Gasteiger partial charge in [0.1, 0.15) is 0 Å². The van der Waals surface area contributed by atoms with Gasteiger partial charge in [0.25, 0.3) is 0 Å². The maximum atomic E-state index is 12.7. The van der Waals surface area contributed by atoms with Gasteiger partial charge in [-0.05, 0) is 52.4 Å². The van der Waals surface area contributed by atoms with Crippen molar-refractivity contribution in [1.82, 2.24) is 5.32 Å². The van der Waals surface area contributed by atoms with Gasteiger partial charge in [0.15, 0.2) is 9.84 Å². The van der Waals surface area contributed by atoms with E-state index in [1.165, 1.54) is 6.92 Å². The minimum absolute atomic E-state index is 0.0830. The number of hydrogen-bond donors (Lipinski definition) is 1. The van der Waals surface area contributed by atoms with E-state index >= 15 is 0 Å². The average Bonchev–Trinajstić information content (AvgIpc) is 2.94. The number of amides is 2. The lowest BCUT2D eigenvalue weighted by atomic mass is 10.1. The lowest BCUT2D eigenvalue weighted by Crippen LogP contribution is -2.27. The topological polar surface area (TPSA) is 83.6 Å². The zero-order chi connectivity index (χ0) is 19.5. The highest BCUT2D eigenvalue weighted by Crippen LogP contribution is 2.35. The van der Waals surface area contributed by atoms with Crippen LogP contribution in [0.1, 0.15) is 39.2 Å². The van der Waals surface area contributed by atoms with E-state index in [9.17, 15) is 18.0 Å². The summed E-state index contributed by atoms with van der Waals surface area (Å²) in [4.78, 5) is 25.3. The number of rotatable bonds is 7. The molecule has 26 heavy (non-hydrogen) atoms. The normalized spacial score (nSPS) is 13.8. The van der Waals surface area contributed by atoms with E-state index in [0.29, 0.717) is 35.6 Å². The first-order valence-electron chi connectivity index (χ1n) is 8.72. The molecule has 1 aromatic carbocycles. The summed E-state index contributed by atoms with van der Waals surface area (Å²) in [6, 6.07) is 3.30. The van der Waals surface area contributed by atoms with Crippen LogP contribution in [0.25, 0.3) is 0 Å². The van der Waals surface area contributed by atoms with E-state index in [4.69, 9.17) is 0 Å². The molecule has 0 spiro atoms. The maximum absolute atomic E-state index is 12.7. The third kappa shape index (κ3) is 5.07. The second-order valence-electron chi connectivity index (χ2n) is 6.93. The highest BCUT2D eigenvalue weighted by molar-refractivity contribution is 9.10. The third-order valence-electron chi connectivity index (χ3n) is 4.39. The predicted octanol–water partition coefficient (Wildman–Crippen LogP) is 2.68. The molecule has 6 nitrogen and oxygen atoms in total. The maximum Gasteiger partial charge on any atom is 0.223 e. The Morgan fingerprint density at radius 3 is 2.62 bits per heavy atom. The lowest BCUT2D eigenvalue weighted by molar-refractivity contribution is -0.120. The van der Waals surface area contributed by atoms with Gasteiger partial charge in [0.2, 0.25) is 11.8 Å². The summed E-state index contributed by atoms with van der Waals surface area (Å²) in [6.07, 6.45) is 1.47. The molecule has 0 radical (unpaired) electrons. The molecule has 144 valence electrons. The number of carbonyl (C=O) groups excluding carboxylic acids is 2. The van der Waals surface area contributed by atoms with Gasteiger partial charge < -0.3 is 10.2 Å². The van der Waals surface area contributed by atoms with E-state index in [-0.39, 0.29) is 28.9 Å². The molecule has 1 aromatic rings. The molecule has 2 rings (SSSR count).